The minimum Gasteiger partial charge on any atom is -0.456 e. The lowest BCUT2D eigenvalue weighted by molar-refractivity contribution is 0.00684. The van der Waals surface area contributed by atoms with Crippen LogP contribution in [0.25, 0.3) is 0 Å². The molecule has 0 N–H and O–H groups in total. The maximum atomic E-state index is 11.8. The van der Waals surface area contributed by atoms with Crippen molar-refractivity contribution in [1.82, 2.24) is 0 Å². The Balaban J connectivity index is 2.97. The lowest BCUT2D eigenvalue weighted by Gasteiger charge is -2.20. The highest BCUT2D eigenvalue weighted by Crippen LogP contribution is 2.23. The number of rotatable bonds is 1. The van der Waals surface area contributed by atoms with Gasteiger partial charge in [0.05, 0.1) is 5.56 Å². The quantitative estimate of drug-likeness (QED) is 0.728. The molecule has 0 saturated heterocycles. The van der Waals surface area contributed by atoms with Gasteiger partial charge >= 0.3 is 5.97 Å². The molecule has 0 aliphatic carbocycles. The monoisotopic (exact) mass is 270 g/mol. The van der Waals surface area contributed by atoms with E-state index in [0.717, 1.165) is 10.0 Å². The van der Waals surface area contributed by atoms with E-state index < -0.39 is 5.60 Å². The van der Waals surface area contributed by atoms with Crippen LogP contribution in [0.3, 0.4) is 0 Å². The van der Waals surface area contributed by atoms with Crippen LogP contribution in [0.1, 0.15) is 36.7 Å². The van der Waals surface area contributed by atoms with Gasteiger partial charge in [-0.25, -0.2) is 4.79 Å². The number of ether oxygens (including phenoxy) is 1. The highest BCUT2D eigenvalue weighted by atomic mass is 79.9. The molecule has 2 nitrogen and oxygen atoms in total. The van der Waals surface area contributed by atoms with E-state index in [0.29, 0.717) is 5.56 Å². The highest BCUT2D eigenvalue weighted by Gasteiger charge is 2.19. The molecule has 0 atom stereocenters. The number of benzene rings is 1. The summed E-state index contributed by atoms with van der Waals surface area (Å²) in [5.41, 5.74) is 1.14. The Labute approximate surface area is 98.8 Å². The van der Waals surface area contributed by atoms with Gasteiger partial charge in [0, 0.05) is 4.47 Å². The summed E-state index contributed by atoms with van der Waals surface area (Å²) in [4.78, 5) is 11.8. The first-order valence-corrected chi connectivity index (χ1v) is 5.59. The first kappa shape index (κ1) is 12.2. The second kappa shape index (κ2) is 4.35. The summed E-state index contributed by atoms with van der Waals surface area (Å²) in [5, 5.41) is 0. The molecule has 1 aromatic rings. The molecule has 0 radical (unpaired) electrons. The van der Waals surface area contributed by atoms with Crippen LogP contribution in [0.5, 0.6) is 0 Å². The van der Waals surface area contributed by atoms with Crippen molar-refractivity contribution in [3.05, 3.63) is 33.8 Å². The molecule has 0 unspecified atom stereocenters. The van der Waals surface area contributed by atoms with Gasteiger partial charge in [-0.1, -0.05) is 12.1 Å². The molecule has 1 rings (SSSR count). The second-order valence-electron chi connectivity index (χ2n) is 4.44. The molecule has 0 heterocycles. The van der Waals surface area contributed by atoms with Gasteiger partial charge in [-0.2, -0.15) is 0 Å². The third kappa shape index (κ3) is 3.34. The Morgan fingerprint density at radius 1 is 1.33 bits per heavy atom. The summed E-state index contributed by atoms with van der Waals surface area (Å²) in [7, 11) is 0. The van der Waals surface area contributed by atoms with Gasteiger partial charge in [0.25, 0.3) is 0 Å². The summed E-state index contributed by atoms with van der Waals surface area (Å²) in [6, 6.07) is 5.54. The molecule has 0 fully saturated rings. The van der Waals surface area contributed by atoms with E-state index >= 15 is 0 Å². The summed E-state index contributed by atoms with van der Waals surface area (Å²) in [6.07, 6.45) is 0. The Morgan fingerprint density at radius 3 is 2.47 bits per heavy atom. The summed E-state index contributed by atoms with van der Waals surface area (Å²) >= 11 is 3.39. The van der Waals surface area contributed by atoms with Crippen molar-refractivity contribution in [3.8, 4) is 0 Å². The zero-order valence-electron chi connectivity index (χ0n) is 9.43. The van der Waals surface area contributed by atoms with Gasteiger partial charge in [0.2, 0.25) is 0 Å². The highest BCUT2D eigenvalue weighted by molar-refractivity contribution is 9.10. The normalized spacial score (nSPS) is 11.3. The molecule has 0 bridgehead atoms. The zero-order chi connectivity index (χ0) is 11.6. The number of esters is 1. The number of aryl methyl sites for hydroxylation is 1. The van der Waals surface area contributed by atoms with Crippen LogP contribution < -0.4 is 0 Å². The van der Waals surface area contributed by atoms with Crippen LogP contribution in [0.2, 0.25) is 0 Å². The number of halogens is 1. The van der Waals surface area contributed by atoms with Gasteiger partial charge in [-0.05, 0) is 55.3 Å². The summed E-state index contributed by atoms with van der Waals surface area (Å²) in [6.45, 7) is 7.51. The van der Waals surface area contributed by atoms with Crippen molar-refractivity contribution in [1.29, 1.82) is 0 Å². The number of hydrogen-bond acceptors (Lipinski definition) is 2. The van der Waals surface area contributed by atoms with Crippen LogP contribution in [0.4, 0.5) is 0 Å². The molecule has 0 aromatic heterocycles. The molecule has 3 heteroatoms. The molecule has 82 valence electrons. The largest absolute Gasteiger partial charge is 0.456 e. The number of hydrogen-bond donors (Lipinski definition) is 0. The van der Waals surface area contributed by atoms with Crippen molar-refractivity contribution in [3.63, 3.8) is 0 Å². The standard InChI is InChI=1S/C12H15BrO2/c1-8-6-5-7-9(10(8)13)11(14)15-12(2,3)4/h5-7H,1-4H3. The van der Waals surface area contributed by atoms with Crippen LogP contribution >= 0.6 is 15.9 Å². The third-order valence-electron chi connectivity index (χ3n) is 1.81. The molecule has 0 aliphatic heterocycles. The molecule has 1 aromatic carbocycles. The molecule has 0 aliphatic rings. The topological polar surface area (TPSA) is 26.3 Å². The fraction of sp³-hybridized carbons (Fsp3) is 0.417. The van der Waals surface area contributed by atoms with Gasteiger partial charge in [-0.15, -0.1) is 0 Å². The smallest absolute Gasteiger partial charge is 0.339 e. The van der Waals surface area contributed by atoms with Gasteiger partial charge in [0.15, 0.2) is 0 Å². The van der Waals surface area contributed by atoms with Crippen molar-refractivity contribution in [2.24, 2.45) is 0 Å². The Kier molecular flexibility index (Phi) is 3.55. The van der Waals surface area contributed by atoms with Crippen molar-refractivity contribution in [2.75, 3.05) is 0 Å². The van der Waals surface area contributed by atoms with E-state index in [9.17, 15) is 4.79 Å². The van der Waals surface area contributed by atoms with Crippen molar-refractivity contribution in [2.45, 2.75) is 33.3 Å². The maximum Gasteiger partial charge on any atom is 0.339 e. The predicted molar refractivity (Wildman–Crippen MR) is 64.0 cm³/mol. The van der Waals surface area contributed by atoms with E-state index in [1.165, 1.54) is 0 Å². The molecule has 15 heavy (non-hydrogen) atoms. The number of carbonyl (C=O) groups excluding carboxylic acids is 1. The van der Waals surface area contributed by atoms with Crippen LogP contribution in [-0.2, 0) is 4.74 Å². The van der Waals surface area contributed by atoms with Gasteiger partial charge in [0.1, 0.15) is 5.60 Å². The first-order valence-electron chi connectivity index (χ1n) is 4.80. The Hall–Kier alpha value is -0.830. The number of carbonyl (C=O) groups is 1. The Morgan fingerprint density at radius 2 is 1.93 bits per heavy atom. The first-order chi connectivity index (χ1) is 6.81. The SMILES string of the molecule is Cc1cccc(C(=O)OC(C)(C)C)c1Br. The van der Waals surface area contributed by atoms with Crippen LogP contribution in [-0.4, -0.2) is 11.6 Å². The van der Waals surface area contributed by atoms with Crippen LogP contribution in [0, 0.1) is 6.92 Å². The lowest BCUT2D eigenvalue weighted by Crippen LogP contribution is -2.24. The maximum absolute atomic E-state index is 11.8. The average Bonchev–Trinajstić information content (AvgIpc) is 2.06. The van der Waals surface area contributed by atoms with Gasteiger partial charge in [-0.3, -0.25) is 0 Å². The molecular weight excluding hydrogens is 256 g/mol. The Bertz CT molecular complexity index is 378. The average molecular weight is 271 g/mol. The summed E-state index contributed by atoms with van der Waals surface area (Å²) in [5.74, 6) is -0.293. The van der Waals surface area contributed by atoms with Crippen LogP contribution in [0.15, 0.2) is 22.7 Å². The molecule has 0 spiro atoms. The van der Waals surface area contributed by atoms with Crippen molar-refractivity contribution >= 4 is 21.9 Å². The lowest BCUT2D eigenvalue weighted by atomic mass is 10.1. The van der Waals surface area contributed by atoms with E-state index in [1.54, 1.807) is 6.07 Å². The predicted octanol–water partition coefficient (Wildman–Crippen LogP) is 3.71. The van der Waals surface area contributed by atoms with E-state index in [-0.39, 0.29) is 5.97 Å². The fourth-order valence-electron chi connectivity index (χ4n) is 1.14. The van der Waals surface area contributed by atoms with E-state index in [4.69, 9.17) is 4.74 Å². The minimum atomic E-state index is -0.458. The minimum absolute atomic E-state index is 0.293. The van der Waals surface area contributed by atoms with E-state index in [1.807, 2.05) is 39.8 Å². The molecule has 0 saturated carbocycles. The zero-order valence-corrected chi connectivity index (χ0v) is 11.0. The second-order valence-corrected chi connectivity index (χ2v) is 5.23. The third-order valence-corrected chi connectivity index (χ3v) is 2.86. The molecule has 0 amide bonds. The van der Waals surface area contributed by atoms with E-state index in [2.05, 4.69) is 15.9 Å². The molecular formula is C12H15BrO2. The van der Waals surface area contributed by atoms with Crippen molar-refractivity contribution < 1.29 is 9.53 Å². The summed E-state index contributed by atoms with van der Waals surface area (Å²) < 4.78 is 6.10. The van der Waals surface area contributed by atoms with Gasteiger partial charge < -0.3 is 4.74 Å². The fourth-order valence-corrected chi connectivity index (χ4v) is 1.56.